The lowest BCUT2D eigenvalue weighted by Gasteiger charge is -2.11. The Bertz CT molecular complexity index is 433. The van der Waals surface area contributed by atoms with Gasteiger partial charge in [0.1, 0.15) is 5.75 Å². The van der Waals surface area contributed by atoms with Crippen molar-refractivity contribution in [2.75, 3.05) is 6.61 Å². The van der Waals surface area contributed by atoms with Gasteiger partial charge in [0.2, 0.25) is 5.91 Å². The van der Waals surface area contributed by atoms with Crippen molar-refractivity contribution >= 4 is 5.91 Å². The lowest BCUT2D eigenvalue weighted by molar-refractivity contribution is -0.153. The molecule has 0 spiro atoms. The number of hydrogen-bond donors (Lipinski definition) is 2. The summed E-state index contributed by atoms with van der Waals surface area (Å²) >= 11 is 0. The van der Waals surface area contributed by atoms with E-state index in [1.54, 1.807) is 12.1 Å². The third-order valence-corrected chi connectivity index (χ3v) is 2.18. The summed E-state index contributed by atoms with van der Waals surface area (Å²) in [6, 6.07) is 5.45. The molecule has 7 heteroatoms. The van der Waals surface area contributed by atoms with Gasteiger partial charge < -0.3 is 15.8 Å². The monoisotopic (exact) mass is 276 g/mol. The standard InChI is InChI=1S/C12H15F3N2O2/c1-8(16)11(18)17-6-9-3-2-4-10(5-9)19-7-12(13,14)15/h2-5,8H,6-7,16H2,1H3,(H,17,18). The van der Waals surface area contributed by atoms with Crippen molar-refractivity contribution in [1.29, 1.82) is 0 Å². The van der Waals surface area contributed by atoms with Gasteiger partial charge >= 0.3 is 6.18 Å². The van der Waals surface area contributed by atoms with Crippen molar-refractivity contribution in [2.45, 2.75) is 25.7 Å². The summed E-state index contributed by atoms with van der Waals surface area (Å²) in [6.45, 7) is 0.379. The molecule has 0 aliphatic carbocycles. The Hall–Kier alpha value is -1.76. The molecule has 0 aliphatic heterocycles. The zero-order valence-corrected chi connectivity index (χ0v) is 10.3. The normalized spacial score (nSPS) is 12.9. The van der Waals surface area contributed by atoms with Gasteiger partial charge in [-0.3, -0.25) is 4.79 Å². The topological polar surface area (TPSA) is 64.4 Å². The van der Waals surface area contributed by atoms with Gasteiger partial charge in [-0.25, -0.2) is 0 Å². The smallest absolute Gasteiger partial charge is 0.422 e. The Labute approximate surface area is 108 Å². The van der Waals surface area contributed by atoms with E-state index >= 15 is 0 Å². The number of nitrogens with one attached hydrogen (secondary N) is 1. The molecule has 1 aromatic carbocycles. The minimum Gasteiger partial charge on any atom is -0.484 e. The van der Waals surface area contributed by atoms with E-state index in [9.17, 15) is 18.0 Å². The molecule has 0 saturated carbocycles. The fourth-order valence-corrected chi connectivity index (χ4v) is 1.26. The predicted molar refractivity (Wildman–Crippen MR) is 63.5 cm³/mol. The van der Waals surface area contributed by atoms with E-state index < -0.39 is 18.8 Å². The van der Waals surface area contributed by atoms with Gasteiger partial charge in [-0.2, -0.15) is 13.2 Å². The molecule has 0 aliphatic rings. The minimum absolute atomic E-state index is 0.102. The first-order valence-electron chi connectivity index (χ1n) is 5.60. The van der Waals surface area contributed by atoms with Crippen molar-refractivity contribution < 1.29 is 22.7 Å². The molecule has 106 valence electrons. The van der Waals surface area contributed by atoms with Crippen LogP contribution in [0.2, 0.25) is 0 Å². The highest BCUT2D eigenvalue weighted by atomic mass is 19.4. The molecular formula is C12H15F3N2O2. The van der Waals surface area contributed by atoms with Gasteiger partial charge in [0.05, 0.1) is 6.04 Å². The van der Waals surface area contributed by atoms with Crippen LogP contribution in [0.3, 0.4) is 0 Å². The number of alkyl halides is 3. The molecule has 4 nitrogen and oxygen atoms in total. The average molecular weight is 276 g/mol. The van der Waals surface area contributed by atoms with Crippen LogP contribution in [-0.2, 0) is 11.3 Å². The molecule has 19 heavy (non-hydrogen) atoms. The molecule has 0 radical (unpaired) electrons. The lowest BCUT2D eigenvalue weighted by atomic mass is 10.2. The molecule has 3 N–H and O–H groups in total. The Morgan fingerprint density at radius 1 is 1.47 bits per heavy atom. The molecule has 0 aromatic heterocycles. The van der Waals surface area contributed by atoms with E-state index in [4.69, 9.17) is 5.73 Å². The number of carbonyl (C=O) groups excluding carboxylic acids is 1. The van der Waals surface area contributed by atoms with Crippen LogP contribution < -0.4 is 15.8 Å². The molecule has 0 fully saturated rings. The number of nitrogens with two attached hydrogens (primary N) is 1. The van der Waals surface area contributed by atoms with E-state index in [0.717, 1.165) is 0 Å². The van der Waals surface area contributed by atoms with Crippen LogP contribution in [0.4, 0.5) is 13.2 Å². The molecule has 1 aromatic rings. The average Bonchev–Trinajstić information content (AvgIpc) is 2.33. The second kappa shape index (κ2) is 6.42. The van der Waals surface area contributed by atoms with Crippen LogP contribution in [0.25, 0.3) is 0 Å². The van der Waals surface area contributed by atoms with Gasteiger partial charge in [0, 0.05) is 6.54 Å². The van der Waals surface area contributed by atoms with Crippen LogP contribution in [0.5, 0.6) is 5.75 Å². The summed E-state index contributed by atoms with van der Waals surface area (Å²) < 4.78 is 40.6. The van der Waals surface area contributed by atoms with Gasteiger partial charge in [0.25, 0.3) is 0 Å². The summed E-state index contributed by atoms with van der Waals surface area (Å²) in [5, 5.41) is 2.56. The van der Waals surface area contributed by atoms with Crippen molar-refractivity contribution in [1.82, 2.24) is 5.32 Å². The predicted octanol–water partition coefficient (Wildman–Crippen LogP) is 1.59. The molecule has 1 atom stereocenters. The number of carbonyl (C=O) groups is 1. The molecule has 0 heterocycles. The van der Waals surface area contributed by atoms with Crippen LogP contribution in [0.15, 0.2) is 24.3 Å². The van der Waals surface area contributed by atoms with Crippen LogP contribution in [0, 0.1) is 0 Å². The Kier molecular flexibility index (Phi) is 5.17. The summed E-state index contributed by atoms with van der Waals surface area (Å²) in [4.78, 5) is 11.2. The first kappa shape index (κ1) is 15.3. The van der Waals surface area contributed by atoms with Crippen molar-refractivity contribution in [3.05, 3.63) is 29.8 Å². The molecule has 1 rings (SSSR count). The summed E-state index contributed by atoms with van der Waals surface area (Å²) in [5.74, 6) is -0.230. The highest BCUT2D eigenvalue weighted by Gasteiger charge is 2.28. The number of amides is 1. The number of hydrogen-bond acceptors (Lipinski definition) is 3. The fourth-order valence-electron chi connectivity index (χ4n) is 1.26. The molecular weight excluding hydrogens is 261 g/mol. The molecule has 1 amide bonds. The number of benzene rings is 1. The molecule has 0 bridgehead atoms. The summed E-state index contributed by atoms with van der Waals surface area (Å²) in [7, 11) is 0. The number of halogens is 3. The third kappa shape index (κ3) is 6.10. The Morgan fingerprint density at radius 3 is 2.74 bits per heavy atom. The van der Waals surface area contributed by atoms with Gasteiger partial charge in [0.15, 0.2) is 6.61 Å². The fraction of sp³-hybridized carbons (Fsp3) is 0.417. The summed E-state index contributed by atoms with van der Waals surface area (Å²) in [6.07, 6.45) is -4.38. The van der Waals surface area contributed by atoms with Gasteiger partial charge in [-0.15, -0.1) is 0 Å². The largest absolute Gasteiger partial charge is 0.484 e. The molecule has 0 saturated heterocycles. The lowest BCUT2D eigenvalue weighted by Crippen LogP contribution is -2.37. The second-order valence-electron chi connectivity index (χ2n) is 4.06. The number of ether oxygens (including phenoxy) is 1. The first-order chi connectivity index (χ1) is 8.78. The van der Waals surface area contributed by atoms with Crippen molar-refractivity contribution in [3.8, 4) is 5.75 Å². The van der Waals surface area contributed by atoms with Gasteiger partial charge in [-0.05, 0) is 24.6 Å². The molecule has 1 unspecified atom stereocenters. The minimum atomic E-state index is -4.38. The van der Waals surface area contributed by atoms with Crippen molar-refractivity contribution in [3.63, 3.8) is 0 Å². The van der Waals surface area contributed by atoms with Crippen LogP contribution in [-0.4, -0.2) is 24.7 Å². The zero-order valence-electron chi connectivity index (χ0n) is 10.3. The highest BCUT2D eigenvalue weighted by molar-refractivity contribution is 5.80. The van der Waals surface area contributed by atoms with Crippen LogP contribution >= 0.6 is 0 Å². The Morgan fingerprint density at radius 2 is 2.16 bits per heavy atom. The maximum absolute atomic E-state index is 12.0. The van der Waals surface area contributed by atoms with E-state index in [0.29, 0.717) is 5.56 Å². The quantitative estimate of drug-likeness (QED) is 0.858. The third-order valence-electron chi connectivity index (χ3n) is 2.18. The maximum Gasteiger partial charge on any atom is 0.422 e. The zero-order chi connectivity index (χ0) is 14.5. The van der Waals surface area contributed by atoms with Crippen LogP contribution in [0.1, 0.15) is 12.5 Å². The van der Waals surface area contributed by atoms with Gasteiger partial charge in [-0.1, -0.05) is 12.1 Å². The first-order valence-corrected chi connectivity index (χ1v) is 5.60. The maximum atomic E-state index is 12.0. The SMILES string of the molecule is CC(N)C(=O)NCc1cccc(OCC(F)(F)F)c1. The van der Waals surface area contributed by atoms with E-state index in [2.05, 4.69) is 10.1 Å². The Balaban J connectivity index is 2.55. The second-order valence-corrected chi connectivity index (χ2v) is 4.06. The number of rotatable bonds is 5. The van der Waals surface area contributed by atoms with Crippen molar-refractivity contribution in [2.24, 2.45) is 5.73 Å². The summed E-state index contributed by atoms with van der Waals surface area (Å²) in [5.41, 5.74) is 6.00. The van der Waals surface area contributed by atoms with E-state index in [1.807, 2.05) is 0 Å². The highest BCUT2D eigenvalue weighted by Crippen LogP contribution is 2.19. The van der Waals surface area contributed by atoms with E-state index in [1.165, 1.54) is 19.1 Å². The van der Waals surface area contributed by atoms with E-state index in [-0.39, 0.29) is 18.2 Å².